The van der Waals surface area contributed by atoms with Crippen LogP contribution in [0.5, 0.6) is 0 Å². The van der Waals surface area contributed by atoms with Crippen LogP contribution >= 0.6 is 0 Å². The molecule has 1 atom stereocenters. The zero-order valence-electron chi connectivity index (χ0n) is 14.5. The molecule has 1 saturated heterocycles. The number of carbonyl (C=O) groups is 1. The highest BCUT2D eigenvalue weighted by molar-refractivity contribution is 7.89. The molecule has 0 aliphatic carbocycles. The summed E-state index contributed by atoms with van der Waals surface area (Å²) in [4.78, 5) is 12.3. The van der Waals surface area contributed by atoms with Crippen LogP contribution in [0.3, 0.4) is 0 Å². The first-order valence-corrected chi connectivity index (χ1v) is 9.93. The first-order valence-electron chi connectivity index (χ1n) is 8.45. The van der Waals surface area contributed by atoms with Crippen LogP contribution in [0.15, 0.2) is 45.7 Å². The molecular weight excluding hydrogens is 356 g/mol. The molecule has 0 spiro atoms. The maximum atomic E-state index is 12.5. The summed E-state index contributed by atoms with van der Waals surface area (Å²) in [6.07, 6.45) is 0.922. The fourth-order valence-corrected chi connectivity index (χ4v) is 3.76. The van der Waals surface area contributed by atoms with Gasteiger partial charge >= 0.3 is 0 Å². The minimum Gasteiger partial charge on any atom is -0.465 e. The van der Waals surface area contributed by atoms with E-state index < -0.39 is 10.0 Å². The molecule has 3 rings (SSSR count). The molecule has 26 heavy (non-hydrogen) atoms. The molecule has 0 bridgehead atoms. The van der Waals surface area contributed by atoms with Crippen LogP contribution in [-0.2, 0) is 21.3 Å². The minimum atomic E-state index is -3.75. The van der Waals surface area contributed by atoms with Gasteiger partial charge in [0.1, 0.15) is 11.5 Å². The van der Waals surface area contributed by atoms with Crippen molar-refractivity contribution in [1.82, 2.24) is 10.0 Å². The Morgan fingerprint density at radius 1 is 1.27 bits per heavy atom. The number of rotatable bonds is 7. The Morgan fingerprint density at radius 3 is 2.81 bits per heavy atom. The summed E-state index contributed by atoms with van der Waals surface area (Å²) in [5.74, 6) is 1.25. The molecular formula is C18H22N2O5S. The van der Waals surface area contributed by atoms with Gasteiger partial charge in [0.15, 0.2) is 0 Å². The van der Waals surface area contributed by atoms with E-state index in [9.17, 15) is 13.2 Å². The second-order valence-corrected chi connectivity index (χ2v) is 8.07. The maximum absolute atomic E-state index is 12.5. The van der Waals surface area contributed by atoms with E-state index in [1.807, 2.05) is 0 Å². The van der Waals surface area contributed by atoms with Gasteiger partial charge in [-0.05, 0) is 43.7 Å². The topological polar surface area (TPSA) is 97.6 Å². The molecule has 1 aliphatic heterocycles. The first-order chi connectivity index (χ1) is 12.4. The highest BCUT2D eigenvalue weighted by Gasteiger charge is 2.19. The first kappa shape index (κ1) is 18.6. The van der Waals surface area contributed by atoms with Gasteiger partial charge in [0.25, 0.3) is 5.91 Å². The van der Waals surface area contributed by atoms with E-state index in [0.717, 1.165) is 13.0 Å². The third-order valence-electron chi connectivity index (χ3n) is 4.21. The average Bonchev–Trinajstić information content (AvgIpc) is 3.29. The van der Waals surface area contributed by atoms with E-state index in [4.69, 9.17) is 9.15 Å². The zero-order valence-corrected chi connectivity index (χ0v) is 15.3. The van der Waals surface area contributed by atoms with E-state index in [0.29, 0.717) is 36.2 Å². The Bertz CT molecular complexity index is 869. The van der Waals surface area contributed by atoms with Crippen molar-refractivity contribution >= 4 is 15.9 Å². The largest absolute Gasteiger partial charge is 0.465 e. The van der Waals surface area contributed by atoms with Gasteiger partial charge in [-0.15, -0.1) is 0 Å². The molecule has 1 fully saturated rings. The lowest BCUT2D eigenvalue weighted by atomic mass is 10.1. The summed E-state index contributed by atoms with van der Waals surface area (Å²) in [5, 5.41) is 2.83. The van der Waals surface area contributed by atoms with E-state index >= 15 is 0 Å². The van der Waals surface area contributed by atoms with Crippen LogP contribution in [0.4, 0.5) is 0 Å². The predicted octanol–water partition coefficient (Wildman–Crippen LogP) is 1.83. The lowest BCUT2D eigenvalue weighted by Crippen LogP contribution is -2.30. The molecule has 1 aromatic heterocycles. The molecule has 2 N–H and O–H groups in total. The third-order valence-corrected chi connectivity index (χ3v) is 5.61. The maximum Gasteiger partial charge on any atom is 0.251 e. The molecule has 140 valence electrons. The van der Waals surface area contributed by atoms with Gasteiger partial charge in [0.2, 0.25) is 10.0 Å². The van der Waals surface area contributed by atoms with Crippen LogP contribution in [-0.4, -0.2) is 34.1 Å². The van der Waals surface area contributed by atoms with E-state index in [-0.39, 0.29) is 17.3 Å². The Hall–Kier alpha value is -2.16. The SMILES string of the molecule is Cc1ccc(CNS(=O)(=O)c2cccc(C(=O)NC[C@H]3CCOC3)c2)o1. The normalized spacial score (nSPS) is 17.3. The van der Waals surface area contributed by atoms with Crippen molar-refractivity contribution in [3.8, 4) is 0 Å². The quantitative estimate of drug-likeness (QED) is 0.766. The molecule has 8 heteroatoms. The Balaban J connectivity index is 1.63. The smallest absolute Gasteiger partial charge is 0.251 e. The zero-order chi connectivity index (χ0) is 18.6. The van der Waals surface area contributed by atoms with Crippen LogP contribution in [0.25, 0.3) is 0 Å². The average molecular weight is 378 g/mol. The molecule has 1 aromatic carbocycles. The fourth-order valence-electron chi connectivity index (χ4n) is 2.72. The standard InChI is InChI=1S/C18H22N2O5S/c1-13-5-6-16(25-13)11-20-26(22,23)17-4-2-3-15(9-17)18(21)19-10-14-7-8-24-12-14/h2-6,9,14,20H,7-8,10-12H2,1H3,(H,19,21)/t14-/m1/s1. The van der Waals surface area contributed by atoms with Gasteiger partial charge < -0.3 is 14.5 Å². The molecule has 2 heterocycles. The Morgan fingerprint density at radius 2 is 2.12 bits per heavy atom. The summed E-state index contributed by atoms with van der Waals surface area (Å²) in [6.45, 7) is 3.72. The second kappa shape index (κ2) is 8.03. The third kappa shape index (κ3) is 4.72. The molecule has 0 unspecified atom stereocenters. The number of carbonyl (C=O) groups excluding carboxylic acids is 1. The monoisotopic (exact) mass is 378 g/mol. The molecule has 7 nitrogen and oxygen atoms in total. The van der Waals surface area contributed by atoms with Gasteiger partial charge in [-0.3, -0.25) is 4.79 Å². The summed E-state index contributed by atoms with van der Waals surface area (Å²) in [7, 11) is -3.75. The van der Waals surface area contributed by atoms with Crippen LogP contribution in [0.1, 0.15) is 28.3 Å². The molecule has 0 saturated carbocycles. The van der Waals surface area contributed by atoms with Crippen molar-refractivity contribution in [3.05, 3.63) is 53.5 Å². The summed E-state index contributed by atoms with van der Waals surface area (Å²) >= 11 is 0. The summed E-state index contributed by atoms with van der Waals surface area (Å²) in [5.41, 5.74) is 0.306. The number of hydrogen-bond donors (Lipinski definition) is 2. The number of nitrogens with one attached hydrogen (secondary N) is 2. The fraction of sp³-hybridized carbons (Fsp3) is 0.389. The van der Waals surface area contributed by atoms with Gasteiger partial charge in [-0.2, -0.15) is 0 Å². The molecule has 2 aromatic rings. The predicted molar refractivity (Wildman–Crippen MR) is 95.2 cm³/mol. The van der Waals surface area contributed by atoms with Gasteiger partial charge in [-0.25, -0.2) is 13.1 Å². The number of benzene rings is 1. The van der Waals surface area contributed by atoms with Gasteiger partial charge in [0.05, 0.1) is 18.0 Å². The van der Waals surface area contributed by atoms with Crippen molar-refractivity contribution < 1.29 is 22.4 Å². The lowest BCUT2D eigenvalue weighted by Gasteiger charge is -2.11. The van der Waals surface area contributed by atoms with Crippen LogP contribution in [0.2, 0.25) is 0 Å². The Labute approximate surface area is 152 Å². The highest BCUT2D eigenvalue weighted by Crippen LogP contribution is 2.14. The van der Waals surface area contributed by atoms with E-state index in [1.165, 1.54) is 12.1 Å². The van der Waals surface area contributed by atoms with Gasteiger partial charge in [0, 0.05) is 24.6 Å². The number of hydrogen-bond acceptors (Lipinski definition) is 5. The number of aryl methyl sites for hydroxylation is 1. The summed E-state index contributed by atoms with van der Waals surface area (Å²) in [6, 6.07) is 9.46. The number of furan rings is 1. The highest BCUT2D eigenvalue weighted by atomic mass is 32.2. The second-order valence-electron chi connectivity index (χ2n) is 6.30. The van der Waals surface area contributed by atoms with Crippen molar-refractivity contribution in [3.63, 3.8) is 0 Å². The van der Waals surface area contributed by atoms with Crippen LogP contribution < -0.4 is 10.0 Å². The van der Waals surface area contributed by atoms with E-state index in [1.54, 1.807) is 31.2 Å². The van der Waals surface area contributed by atoms with Crippen molar-refractivity contribution in [2.45, 2.75) is 24.8 Å². The number of amides is 1. The van der Waals surface area contributed by atoms with Crippen molar-refractivity contribution in [2.75, 3.05) is 19.8 Å². The molecule has 1 amide bonds. The Kier molecular flexibility index (Phi) is 5.75. The number of ether oxygens (including phenoxy) is 1. The van der Waals surface area contributed by atoms with Gasteiger partial charge in [-0.1, -0.05) is 6.07 Å². The van der Waals surface area contributed by atoms with Crippen molar-refractivity contribution in [1.29, 1.82) is 0 Å². The molecule has 1 aliphatic rings. The lowest BCUT2D eigenvalue weighted by molar-refractivity contribution is 0.0944. The summed E-state index contributed by atoms with van der Waals surface area (Å²) < 4.78 is 38.0. The van der Waals surface area contributed by atoms with Crippen LogP contribution in [0, 0.1) is 12.8 Å². The van der Waals surface area contributed by atoms with E-state index in [2.05, 4.69) is 10.0 Å². The molecule has 0 radical (unpaired) electrons. The van der Waals surface area contributed by atoms with Crippen molar-refractivity contribution in [2.24, 2.45) is 5.92 Å². The minimum absolute atomic E-state index is 0.0395. The number of sulfonamides is 1.